The molecule has 0 atom stereocenters. The predicted octanol–water partition coefficient (Wildman–Crippen LogP) is 3.58. The summed E-state index contributed by atoms with van der Waals surface area (Å²) in [5.74, 6) is 1.30. The van der Waals surface area contributed by atoms with E-state index in [0.29, 0.717) is 36.0 Å². The third-order valence-electron chi connectivity index (χ3n) is 5.63. The van der Waals surface area contributed by atoms with Crippen molar-refractivity contribution in [3.63, 3.8) is 0 Å². The largest absolute Gasteiger partial charge is 0.493 e. The highest BCUT2D eigenvalue weighted by Crippen LogP contribution is 2.29. The first-order valence-corrected chi connectivity index (χ1v) is 12.1. The van der Waals surface area contributed by atoms with Crippen LogP contribution in [0.3, 0.4) is 0 Å². The molecule has 0 unspecified atom stereocenters. The summed E-state index contributed by atoms with van der Waals surface area (Å²) in [5.41, 5.74) is 1.42. The Morgan fingerprint density at radius 3 is 2.27 bits per heavy atom. The van der Waals surface area contributed by atoms with Crippen LogP contribution in [0.25, 0.3) is 0 Å². The Balaban J connectivity index is 1.30. The van der Waals surface area contributed by atoms with Gasteiger partial charge in [0.05, 0.1) is 11.5 Å². The quantitative estimate of drug-likeness (QED) is 0.697. The zero-order valence-electron chi connectivity index (χ0n) is 17.0. The van der Waals surface area contributed by atoms with Crippen LogP contribution in [-0.2, 0) is 16.6 Å². The number of benzene rings is 2. The van der Waals surface area contributed by atoms with Gasteiger partial charge in [0.1, 0.15) is 5.75 Å². The van der Waals surface area contributed by atoms with E-state index >= 15 is 0 Å². The summed E-state index contributed by atoms with van der Waals surface area (Å²) in [4.78, 5) is 12.7. The number of hydrogen-bond acceptors (Lipinski definition) is 4. The molecule has 2 aromatic rings. The summed E-state index contributed by atoms with van der Waals surface area (Å²) in [6.07, 6.45) is 5.39. The van der Waals surface area contributed by atoms with E-state index in [1.807, 2.05) is 12.1 Å². The number of amides is 1. The second kappa shape index (κ2) is 9.18. The Kier molecular flexibility index (Phi) is 6.39. The molecule has 0 aromatic heterocycles. The molecular weight excluding hydrogens is 400 g/mol. The van der Waals surface area contributed by atoms with Gasteiger partial charge in [0.15, 0.2) is 0 Å². The van der Waals surface area contributed by atoms with Crippen LogP contribution in [-0.4, -0.2) is 38.3 Å². The highest BCUT2D eigenvalue weighted by Gasteiger charge is 2.25. The molecule has 2 fully saturated rings. The molecule has 2 aromatic carbocycles. The average molecular weight is 429 g/mol. The average Bonchev–Trinajstić information content (AvgIpc) is 3.62. The van der Waals surface area contributed by atoms with Crippen molar-refractivity contribution < 1.29 is 17.9 Å². The Bertz CT molecular complexity index is 961. The Hall–Kier alpha value is -2.38. The van der Waals surface area contributed by atoms with Crippen LogP contribution in [0.2, 0.25) is 0 Å². The van der Waals surface area contributed by atoms with Crippen molar-refractivity contribution in [3.05, 3.63) is 59.7 Å². The highest BCUT2D eigenvalue weighted by molar-refractivity contribution is 7.89. The molecule has 1 heterocycles. The Morgan fingerprint density at radius 2 is 1.63 bits per heavy atom. The van der Waals surface area contributed by atoms with Gasteiger partial charge in [-0.05, 0) is 73.6 Å². The van der Waals surface area contributed by atoms with Crippen molar-refractivity contribution in [1.29, 1.82) is 0 Å². The smallest absolute Gasteiger partial charge is 0.251 e. The van der Waals surface area contributed by atoms with Crippen molar-refractivity contribution in [2.45, 2.75) is 43.5 Å². The van der Waals surface area contributed by atoms with E-state index in [9.17, 15) is 13.2 Å². The fraction of sp³-hybridized carbons (Fsp3) is 0.435. The van der Waals surface area contributed by atoms with E-state index in [-0.39, 0.29) is 5.91 Å². The van der Waals surface area contributed by atoms with E-state index in [0.717, 1.165) is 37.2 Å². The summed E-state index contributed by atoms with van der Waals surface area (Å²) < 4.78 is 32.7. The lowest BCUT2D eigenvalue weighted by Gasteiger charge is -2.25. The van der Waals surface area contributed by atoms with Gasteiger partial charge in [-0.2, -0.15) is 4.31 Å². The van der Waals surface area contributed by atoms with Crippen molar-refractivity contribution in [2.75, 3.05) is 19.7 Å². The van der Waals surface area contributed by atoms with E-state index in [1.165, 1.54) is 12.8 Å². The number of hydrogen-bond donors (Lipinski definition) is 1. The molecule has 1 N–H and O–H groups in total. The maximum atomic E-state index is 12.7. The van der Waals surface area contributed by atoms with E-state index in [4.69, 9.17) is 4.74 Å². The van der Waals surface area contributed by atoms with Gasteiger partial charge in [0.25, 0.3) is 5.91 Å². The van der Waals surface area contributed by atoms with Crippen LogP contribution in [0.5, 0.6) is 5.75 Å². The van der Waals surface area contributed by atoms with Gasteiger partial charge in [-0.3, -0.25) is 4.79 Å². The molecule has 1 aliphatic carbocycles. The second-order valence-corrected chi connectivity index (χ2v) is 10.0. The third kappa shape index (κ3) is 5.21. The number of piperidine rings is 1. The minimum atomic E-state index is -3.43. The van der Waals surface area contributed by atoms with Gasteiger partial charge in [-0.15, -0.1) is 0 Å². The Labute approximate surface area is 178 Å². The minimum absolute atomic E-state index is 0.172. The zero-order chi connectivity index (χ0) is 21.0. The summed E-state index contributed by atoms with van der Waals surface area (Å²) in [6.45, 7) is 2.26. The van der Waals surface area contributed by atoms with Gasteiger partial charge >= 0.3 is 0 Å². The lowest BCUT2D eigenvalue weighted by atomic mass is 10.2. The summed E-state index contributed by atoms with van der Waals surface area (Å²) in [7, 11) is -3.43. The van der Waals surface area contributed by atoms with Crippen LogP contribution >= 0.6 is 0 Å². The molecule has 0 spiro atoms. The predicted molar refractivity (Wildman–Crippen MR) is 115 cm³/mol. The van der Waals surface area contributed by atoms with Crippen molar-refractivity contribution >= 4 is 15.9 Å². The summed E-state index contributed by atoms with van der Waals surface area (Å²) >= 11 is 0. The maximum Gasteiger partial charge on any atom is 0.251 e. The normalized spacial score (nSPS) is 17.5. The minimum Gasteiger partial charge on any atom is -0.493 e. The van der Waals surface area contributed by atoms with Gasteiger partial charge in [-0.25, -0.2) is 8.42 Å². The molecule has 7 heteroatoms. The lowest BCUT2D eigenvalue weighted by molar-refractivity contribution is 0.0951. The van der Waals surface area contributed by atoms with E-state index < -0.39 is 10.0 Å². The zero-order valence-corrected chi connectivity index (χ0v) is 17.9. The molecule has 2 aliphatic rings. The first-order chi connectivity index (χ1) is 14.5. The molecule has 1 saturated carbocycles. The molecule has 1 aliphatic heterocycles. The second-order valence-electron chi connectivity index (χ2n) is 8.07. The molecule has 160 valence electrons. The number of sulfonamides is 1. The van der Waals surface area contributed by atoms with Crippen LogP contribution in [0, 0.1) is 5.92 Å². The first-order valence-electron chi connectivity index (χ1n) is 10.6. The van der Waals surface area contributed by atoms with Crippen molar-refractivity contribution in [3.8, 4) is 5.75 Å². The third-order valence-corrected chi connectivity index (χ3v) is 7.54. The fourth-order valence-electron chi connectivity index (χ4n) is 3.52. The van der Waals surface area contributed by atoms with Gasteiger partial charge in [-0.1, -0.05) is 18.6 Å². The lowest BCUT2D eigenvalue weighted by Crippen LogP contribution is -2.35. The molecule has 0 bridgehead atoms. The van der Waals surface area contributed by atoms with Crippen LogP contribution < -0.4 is 10.1 Å². The van der Waals surface area contributed by atoms with E-state index in [1.54, 1.807) is 40.7 Å². The number of rotatable bonds is 8. The topological polar surface area (TPSA) is 75.7 Å². The molecule has 1 saturated heterocycles. The number of nitrogens with one attached hydrogen (secondary N) is 1. The summed E-state index contributed by atoms with van der Waals surface area (Å²) in [5, 5.41) is 2.88. The van der Waals surface area contributed by atoms with Gasteiger partial charge < -0.3 is 10.1 Å². The van der Waals surface area contributed by atoms with Gasteiger partial charge in [0, 0.05) is 25.2 Å². The number of carbonyl (C=O) groups is 1. The van der Waals surface area contributed by atoms with Crippen LogP contribution in [0.4, 0.5) is 0 Å². The molecule has 0 radical (unpaired) electrons. The Morgan fingerprint density at radius 1 is 0.967 bits per heavy atom. The van der Waals surface area contributed by atoms with Crippen LogP contribution in [0.1, 0.15) is 48.0 Å². The molecule has 6 nitrogen and oxygen atoms in total. The van der Waals surface area contributed by atoms with Crippen LogP contribution in [0.15, 0.2) is 53.4 Å². The number of ether oxygens (including phenoxy) is 1. The van der Waals surface area contributed by atoms with E-state index in [2.05, 4.69) is 5.32 Å². The highest BCUT2D eigenvalue weighted by atomic mass is 32.2. The first kappa shape index (κ1) is 20.9. The molecule has 1 amide bonds. The fourth-order valence-corrected chi connectivity index (χ4v) is 5.04. The number of nitrogens with zero attached hydrogens (tertiary/aromatic N) is 1. The monoisotopic (exact) mass is 428 g/mol. The standard InChI is InChI=1S/C23H28N2O4S/c26-23(20-8-10-21(11-9-20)29-17-19-4-5-19)24-16-18-6-12-22(13-7-18)30(27,28)25-14-2-1-3-15-25/h6-13,19H,1-5,14-17H2,(H,24,26). The van der Waals surface area contributed by atoms with Crippen molar-refractivity contribution in [2.24, 2.45) is 5.92 Å². The summed E-state index contributed by atoms with van der Waals surface area (Å²) in [6, 6.07) is 13.9. The SMILES string of the molecule is O=C(NCc1ccc(S(=O)(=O)N2CCCCC2)cc1)c1ccc(OCC2CC2)cc1. The maximum absolute atomic E-state index is 12.7. The van der Waals surface area contributed by atoms with Crippen molar-refractivity contribution in [1.82, 2.24) is 9.62 Å². The molecular formula is C23H28N2O4S. The molecule has 4 rings (SSSR count). The van der Waals surface area contributed by atoms with Gasteiger partial charge in [0.2, 0.25) is 10.0 Å². The molecule has 30 heavy (non-hydrogen) atoms. The number of carbonyl (C=O) groups excluding carboxylic acids is 1.